The summed E-state index contributed by atoms with van der Waals surface area (Å²) in [5.41, 5.74) is 15.6. The van der Waals surface area contributed by atoms with Crippen molar-refractivity contribution in [2.24, 2.45) is 0 Å². The van der Waals surface area contributed by atoms with Crippen molar-refractivity contribution in [1.29, 1.82) is 0 Å². The Kier molecular flexibility index (Phi) is 8.77. The molecule has 0 saturated heterocycles. The van der Waals surface area contributed by atoms with Gasteiger partial charge >= 0.3 is 0 Å². The number of phenols is 1. The van der Waals surface area contributed by atoms with Gasteiger partial charge in [-0.05, 0) is 118 Å². The smallest absolute Gasteiger partial charge is 0.149 e. The maximum atomic E-state index is 11.3. The molecule has 0 aliphatic heterocycles. The van der Waals surface area contributed by atoms with Gasteiger partial charge in [-0.1, -0.05) is 135 Å². The number of hydrogen-bond acceptors (Lipinski definition) is 3. The fraction of sp³-hybridized carbons (Fsp3) is 0.0769. The van der Waals surface area contributed by atoms with E-state index < -0.39 is 5.89 Å². The molecule has 0 fully saturated rings. The summed E-state index contributed by atoms with van der Waals surface area (Å²) in [6, 6.07) is 60.0. The average molecular weight is 725 g/mol. The molecule has 1 N–H and O–H groups in total. The first kappa shape index (κ1) is 33.5. The largest absolute Gasteiger partial charge is 0.507 e. The van der Waals surface area contributed by atoms with Crippen LogP contribution in [0, 0.1) is 6.92 Å². The van der Waals surface area contributed by atoms with Crippen LogP contribution in [-0.4, -0.2) is 19.6 Å². The summed E-state index contributed by atoms with van der Waals surface area (Å²) in [5, 5.41) is 11.3. The molecular formula is C52H41N3O. The number of nitrogens with zero attached hydrogens (tertiary/aromatic N) is 3. The standard InChI is InChI=1S/C52H41N3O/c1-34(2)47-33-43(25-26-44(47)38-15-8-5-9-16-38)55-49-19-12-18-45(51(49)54-52(55)46-17-10-11-20-50(46)56)41-29-40(36-13-6-4-7-14-36)30-42(31-41)48-32-39(27-28-53-48)37-23-21-35(3)22-24-37/h4-34,56H,1-3H3/i34D. The van der Waals surface area contributed by atoms with Crippen LogP contribution in [0.2, 0.25) is 0 Å². The van der Waals surface area contributed by atoms with E-state index in [9.17, 15) is 6.48 Å². The molecule has 4 nitrogen and oxygen atoms in total. The van der Waals surface area contributed by atoms with Gasteiger partial charge in [-0.15, -0.1) is 0 Å². The van der Waals surface area contributed by atoms with Gasteiger partial charge in [0.2, 0.25) is 0 Å². The van der Waals surface area contributed by atoms with Gasteiger partial charge in [0.15, 0.2) is 0 Å². The zero-order valence-corrected chi connectivity index (χ0v) is 31.6. The van der Waals surface area contributed by atoms with Crippen LogP contribution < -0.4 is 0 Å². The molecule has 0 bridgehead atoms. The summed E-state index contributed by atoms with van der Waals surface area (Å²) in [4.78, 5) is 10.3. The predicted molar refractivity (Wildman–Crippen MR) is 232 cm³/mol. The molecule has 7 aromatic carbocycles. The van der Waals surface area contributed by atoms with Crippen molar-refractivity contribution in [3.8, 4) is 78.6 Å². The van der Waals surface area contributed by atoms with E-state index in [1.54, 1.807) is 6.07 Å². The molecule has 270 valence electrons. The molecule has 2 aromatic heterocycles. The molecule has 2 heterocycles. The van der Waals surface area contributed by atoms with E-state index in [1.807, 2.05) is 62.5 Å². The molecule has 0 unspecified atom stereocenters. The molecule has 9 rings (SSSR count). The Balaban J connectivity index is 1.27. The molecule has 0 aliphatic rings. The van der Waals surface area contributed by atoms with Crippen LogP contribution in [0.25, 0.3) is 83.9 Å². The van der Waals surface area contributed by atoms with Crippen molar-refractivity contribution in [1.82, 2.24) is 14.5 Å². The summed E-state index contributed by atoms with van der Waals surface area (Å²) >= 11 is 0. The second-order valence-corrected chi connectivity index (χ2v) is 14.5. The lowest BCUT2D eigenvalue weighted by Crippen LogP contribution is -2.01. The molecule has 0 atom stereocenters. The molecule has 9 aromatic rings. The zero-order valence-electron chi connectivity index (χ0n) is 32.6. The van der Waals surface area contributed by atoms with Gasteiger partial charge < -0.3 is 5.11 Å². The zero-order chi connectivity index (χ0) is 39.1. The Bertz CT molecular complexity index is 2890. The first-order chi connectivity index (χ1) is 27.7. The first-order valence-electron chi connectivity index (χ1n) is 19.5. The molecular weight excluding hydrogens is 683 g/mol. The van der Waals surface area contributed by atoms with E-state index in [2.05, 4.69) is 139 Å². The minimum Gasteiger partial charge on any atom is -0.507 e. The van der Waals surface area contributed by atoms with Crippen LogP contribution in [0.15, 0.2) is 182 Å². The van der Waals surface area contributed by atoms with Gasteiger partial charge in [0.25, 0.3) is 0 Å². The second kappa shape index (κ2) is 14.7. The van der Waals surface area contributed by atoms with E-state index in [4.69, 9.17) is 9.97 Å². The van der Waals surface area contributed by atoms with Crippen LogP contribution in [0.1, 0.15) is 32.2 Å². The Morgan fingerprint density at radius 1 is 0.536 bits per heavy atom. The van der Waals surface area contributed by atoms with Gasteiger partial charge in [0.05, 0.1) is 22.3 Å². The lowest BCUT2D eigenvalue weighted by molar-refractivity contribution is 0.477. The van der Waals surface area contributed by atoms with Crippen LogP contribution >= 0.6 is 0 Å². The quantitative estimate of drug-likeness (QED) is 0.170. The van der Waals surface area contributed by atoms with Crippen molar-refractivity contribution in [2.75, 3.05) is 0 Å². The van der Waals surface area contributed by atoms with Crippen molar-refractivity contribution < 1.29 is 6.48 Å². The predicted octanol–water partition coefficient (Wildman–Crippen LogP) is 13.6. The number of aromatic hydroxyl groups is 1. The summed E-state index contributed by atoms with van der Waals surface area (Å²) < 4.78 is 11.3. The topological polar surface area (TPSA) is 50.9 Å². The third kappa shape index (κ3) is 6.56. The SMILES string of the molecule is [2H]C(C)(C)c1cc(-n2c(-c3ccccc3O)nc3c(-c4cc(-c5ccccc5)cc(-c5cc(-c6ccc(C)cc6)ccn5)c4)cccc32)ccc1-c1ccccc1. The highest BCUT2D eigenvalue weighted by molar-refractivity contribution is 5.97. The minimum absolute atomic E-state index is 0.144. The minimum atomic E-state index is -0.892. The van der Waals surface area contributed by atoms with Crippen LogP contribution in [0.3, 0.4) is 0 Å². The average Bonchev–Trinajstić information content (AvgIpc) is 3.64. The van der Waals surface area contributed by atoms with Gasteiger partial charge in [0.1, 0.15) is 11.6 Å². The maximum absolute atomic E-state index is 11.3. The number of aromatic nitrogens is 3. The number of fused-ring (bicyclic) bond motifs is 1. The summed E-state index contributed by atoms with van der Waals surface area (Å²) in [6.07, 6.45) is 1.88. The third-order valence-electron chi connectivity index (χ3n) is 10.5. The molecule has 0 spiro atoms. The number of hydrogen-bond donors (Lipinski definition) is 1. The first-order valence-corrected chi connectivity index (χ1v) is 19.0. The lowest BCUT2D eigenvalue weighted by atomic mass is 9.92. The summed E-state index contributed by atoms with van der Waals surface area (Å²) in [7, 11) is 0. The van der Waals surface area contributed by atoms with Crippen molar-refractivity contribution in [3.63, 3.8) is 0 Å². The van der Waals surface area contributed by atoms with E-state index in [1.165, 1.54) is 5.56 Å². The number of pyridine rings is 1. The van der Waals surface area contributed by atoms with Gasteiger partial charge in [0, 0.05) is 24.4 Å². The van der Waals surface area contributed by atoms with Crippen LogP contribution in [0.4, 0.5) is 0 Å². The molecule has 0 aliphatic carbocycles. The lowest BCUT2D eigenvalue weighted by Gasteiger charge is -2.17. The Labute approximate surface area is 329 Å². The van der Waals surface area contributed by atoms with E-state index in [0.29, 0.717) is 11.4 Å². The van der Waals surface area contributed by atoms with Crippen LogP contribution in [0.5, 0.6) is 5.75 Å². The van der Waals surface area contributed by atoms with Crippen molar-refractivity contribution in [2.45, 2.75) is 26.7 Å². The molecule has 56 heavy (non-hydrogen) atoms. The van der Waals surface area contributed by atoms with E-state index in [0.717, 1.165) is 78.0 Å². The second-order valence-electron chi connectivity index (χ2n) is 14.5. The summed E-state index contributed by atoms with van der Waals surface area (Å²) in [6.45, 7) is 5.95. The number of para-hydroxylation sites is 2. The Hall–Kier alpha value is -7.04. The molecule has 0 saturated carbocycles. The maximum Gasteiger partial charge on any atom is 0.149 e. The van der Waals surface area contributed by atoms with E-state index in [-0.39, 0.29) is 5.75 Å². The van der Waals surface area contributed by atoms with Crippen molar-refractivity contribution >= 4 is 11.0 Å². The van der Waals surface area contributed by atoms with E-state index >= 15 is 0 Å². The van der Waals surface area contributed by atoms with Gasteiger partial charge in [-0.3, -0.25) is 9.55 Å². The fourth-order valence-corrected chi connectivity index (χ4v) is 7.63. The third-order valence-corrected chi connectivity index (χ3v) is 10.5. The normalized spacial score (nSPS) is 11.8. The fourth-order valence-electron chi connectivity index (χ4n) is 7.63. The molecule has 0 radical (unpaired) electrons. The van der Waals surface area contributed by atoms with Crippen LogP contribution in [-0.2, 0) is 0 Å². The number of rotatable bonds is 8. The number of phenolic OH excluding ortho intramolecular Hbond substituents is 1. The number of aryl methyl sites for hydroxylation is 1. The Morgan fingerprint density at radius 2 is 1.20 bits per heavy atom. The monoisotopic (exact) mass is 724 g/mol. The molecule has 4 heteroatoms. The van der Waals surface area contributed by atoms with Gasteiger partial charge in [-0.25, -0.2) is 4.98 Å². The highest BCUT2D eigenvalue weighted by Crippen LogP contribution is 2.41. The highest BCUT2D eigenvalue weighted by Gasteiger charge is 2.22. The summed E-state index contributed by atoms with van der Waals surface area (Å²) in [5.74, 6) is -0.134. The molecule has 0 amide bonds. The van der Waals surface area contributed by atoms with Crippen molar-refractivity contribution in [3.05, 3.63) is 193 Å². The number of imidazole rings is 1. The van der Waals surface area contributed by atoms with Gasteiger partial charge in [-0.2, -0.15) is 0 Å². The number of benzene rings is 7. The highest BCUT2D eigenvalue weighted by atomic mass is 16.3. The Morgan fingerprint density at radius 3 is 1.95 bits per heavy atom.